The molecule has 0 spiro atoms. The highest BCUT2D eigenvalue weighted by molar-refractivity contribution is 6.25. The Balaban J connectivity index is 1.18. The van der Waals surface area contributed by atoms with Crippen molar-refractivity contribution < 1.29 is 0 Å². The van der Waals surface area contributed by atoms with Crippen molar-refractivity contribution in [2.24, 2.45) is 0 Å². The first-order chi connectivity index (χ1) is 28.6. The van der Waals surface area contributed by atoms with Gasteiger partial charge in [-0.25, -0.2) is 0 Å². The minimum atomic E-state index is -0.0878. The molecule has 274 valence electrons. The summed E-state index contributed by atoms with van der Waals surface area (Å²) in [5.74, 6) is 0. The lowest BCUT2D eigenvalue weighted by Gasteiger charge is -2.26. The molecule has 1 aromatic heterocycles. The van der Waals surface area contributed by atoms with Crippen molar-refractivity contribution in [2.75, 3.05) is 0 Å². The average Bonchev–Trinajstić information content (AvgIpc) is 3.73. The number of rotatable bonds is 4. The first kappa shape index (κ1) is 33.2. The van der Waals surface area contributed by atoms with Crippen molar-refractivity contribution >= 4 is 59.7 Å². The molecule has 0 bridgehead atoms. The van der Waals surface area contributed by atoms with Gasteiger partial charge in [-0.15, -0.1) is 0 Å². The second-order valence-electron chi connectivity index (χ2n) is 16.7. The Labute approximate surface area is 338 Å². The van der Waals surface area contributed by atoms with E-state index in [0.29, 0.717) is 0 Å². The van der Waals surface area contributed by atoms with Crippen LogP contribution >= 0.6 is 0 Å². The van der Waals surface area contributed by atoms with Crippen LogP contribution in [0.4, 0.5) is 0 Å². The predicted molar refractivity (Wildman–Crippen MR) is 248 cm³/mol. The van der Waals surface area contributed by atoms with Gasteiger partial charge in [-0.1, -0.05) is 159 Å². The molecule has 12 rings (SSSR count). The number of allylic oxidation sites excluding steroid dienone is 4. The number of fused-ring (bicyclic) bond motifs is 9. The van der Waals surface area contributed by atoms with E-state index in [0.717, 1.165) is 12.8 Å². The fraction of sp³-hybridized carbons (Fsp3) is 0.0877. The van der Waals surface area contributed by atoms with Gasteiger partial charge in [-0.2, -0.15) is 0 Å². The Bertz CT molecular complexity index is 3390. The van der Waals surface area contributed by atoms with Gasteiger partial charge in [-0.05, 0) is 143 Å². The van der Waals surface area contributed by atoms with E-state index in [2.05, 4.69) is 206 Å². The zero-order valence-corrected chi connectivity index (χ0v) is 32.8. The van der Waals surface area contributed by atoms with Crippen LogP contribution in [0.2, 0.25) is 0 Å². The molecule has 0 amide bonds. The molecule has 2 aliphatic carbocycles. The molecule has 0 radical (unpaired) electrons. The van der Waals surface area contributed by atoms with Crippen LogP contribution in [0, 0.1) is 0 Å². The van der Waals surface area contributed by atoms with Crippen LogP contribution in [0.25, 0.3) is 98.8 Å². The monoisotopic (exact) mass is 739 g/mol. The summed E-state index contributed by atoms with van der Waals surface area (Å²) >= 11 is 0. The van der Waals surface area contributed by atoms with E-state index in [1.54, 1.807) is 0 Å². The minimum absolute atomic E-state index is 0.0878. The van der Waals surface area contributed by atoms with Gasteiger partial charge in [0.1, 0.15) is 0 Å². The lowest BCUT2D eigenvalue weighted by atomic mass is 9.77. The summed E-state index contributed by atoms with van der Waals surface area (Å²) in [6.45, 7) is 4.86. The highest BCUT2D eigenvalue weighted by Crippen LogP contribution is 2.55. The van der Waals surface area contributed by atoms with Crippen molar-refractivity contribution in [3.63, 3.8) is 0 Å². The number of hydrogen-bond acceptors (Lipinski definition) is 0. The first-order valence-corrected chi connectivity index (χ1v) is 20.7. The molecule has 0 atom stereocenters. The molecular weight excluding hydrogens is 699 g/mol. The van der Waals surface area contributed by atoms with Gasteiger partial charge in [0.2, 0.25) is 0 Å². The van der Waals surface area contributed by atoms with Crippen molar-refractivity contribution in [3.8, 4) is 39.1 Å². The molecule has 58 heavy (non-hydrogen) atoms. The highest BCUT2D eigenvalue weighted by atomic mass is 15.0. The van der Waals surface area contributed by atoms with Crippen molar-refractivity contribution in [2.45, 2.75) is 32.1 Å². The quantitative estimate of drug-likeness (QED) is 0.158. The van der Waals surface area contributed by atoms with Crippen LogP contribution in [-0.4, -0.2) is 4.57 Å². The van der Waals surface area contributed by atoms with E-state index in [4.69, 9.17) is 0 Å². The summed E-state index contributed by atoms with van der Waals surface area (Å²) in [6, 6.07) is 65.7. The lowest BCUT2D eigenvalue weighted by molar-refractivity contribution is 0.652. The van der Waals surface area contributed by atoms with Crippen molar-refractivity contribution in [3.05, 3.63) is 205 Å². The number of benzene rings is 9. The minimum Gasteiger partial charge on any atom is -0.309 e. The van der Waals surface area contributed by atoms with E-state index in [-0.39, 0.29) is 5.41 Å². The number of nitrogens with zero attached hydrogens (tertiary/aromatic N) is 1. The van der Waals surface area contributed by atoms with E-state index in [1.165, 1.54) is 115 Å². The molecule has 0 aliphatic heterocycles. The predicted octanol–water partition coefficient (Wildman–Crippen LogP) is 15.6. The first-order valence-electron chi connectivity index (χ1n) is 20.7. The molecule has 0 unspecified atom stereocenters. The van der Waals surface area contributed by atoms with Crippen molar-refractivity contribution in [1.82, 2.24) is 4.57 Å². The van der Waals surface area contributed by atoms with Gasteiger partial charge < -0.3 is 4.57 Å². The Morgan fingerprint density at radius 3 is 1.76 bits per heavy atom. The molecule has 0 N–H and O–H groups in total. The summed E-state index contributed by atoms with van der Waals surface area (Å²) < 4.78 is 2.40. The van der Waals surface area contributed by atoms with E-state index in [9.17, 15) is 0 Å². The molecule has 0 saturated heterocycles. The maximum absolute atomic E-state index is 2.57. The molecule has 9 aromatic carbocycles. The molecule has 10 aromatic rings. The van der Waals surface area contributed by atoms with Crippen LogP contribution in [0.3, 0.4) is 0 Å². The van der Waals surface area contributed by atoms with Gasteiger partial charge in [-0.3, -0.25) is 0 Å². The third kappa shape index (κ3) is 4.71. The van der Waals surface area contributed by atoms with E-state index >= 15 is 0 Å². The molecule has 1 heterocycles. The second-order valence-corrected chi connectivity index (χ2v) is 16.7. The van der Waals surface area contributed by atoms with Gasteiger partial charge in [0.15, 0.2) is 0 Å². The summed E-state index contributed by atoms with van der Waals surface area (Å²) in [6.07, 6.45) is 6.98. The van der Waals surface area contributed by atoms with Crippen LogP contribution in [0.1, 0.15) is 37.8 Å². The Kier molecular flexibility index (Phi) is 7.17. The molecule has 2 aliphatic rings. The fourth-order valence-corrected chi connectivity index (χ4v) is 10.6. The zero-order valence-electron chi connectivity index (χ0n) is 32.8. The van der Waals surface area contributed by atoms with E-state index < -0.39 is 0 Å². The number of aromatic nitrogens is 1. The van der Waals surface area contributed by atoms with E-state index in [1.807, 2.05) is 0 Å². The van der Waals surface area contributed by atoms with Gasteiger partial charge in [0.05, 0.1) is 11.0 Å². The van der Waals surface area contributed by atoms with Gasteiger partial charge in [0, 0.05) is 21.9 Å². The maximum Gasteiger partial charge on any atom is 0.0541 e. The SMILES string of the molecule is CC1(C)C2=C(CCC=C2)c2c1cc(-c1c3ccccc3c(-c3ccccc3)c3ccc(-c4ccc5c(c4)c4ccccc4n5-c4ccccc4)cc13)c1ccccc21. The Morgan fingerprint density at radius 2 is 1.00 bits per heavy atom. The topological polar surface area (TPSA) is 4.93 Å². The molecule has 1 heteroatoms. The maximum atomic E-state index is 2.57. The average molecular weight is 740 g/mol. The van der Waals surface area contributed by atoms with Crippen LogP contribution < -0.4 is 0 Å². The Hall–Kier alpha value is -6.96. The standard InChI is InChI=1S/C57H41N/c1-57(2)50-27-15-13-26-46(50)56-42-23-10-9-21-40(42)49(35-51(56)57)55-44-25-12-11-24-43(44)54(36-17-5-3-6-18-36)45-31-29-37(34-48(45)55)38-30-32-53-47(33-38)41-22-14-16-28-52(41)58(53)39-19-7-4-8-20-39/h3-12,14-25,27-35H,13,26H2,1-2H3. The number of para-hydroxylation sites is 2. The molecular formula is C57H41N. The fourth-order valence-electron chi connectivity index (χ4n) is 10.6. The number of hydrogen-bond donors (Lipinski definition) is 0. The highest BCUT2D eigenvalue weighted by Gasteiger charge is 2.39. The molecule has 0 fully saturated rings. The summed E-state index contributed by atoms with van der Waals surface area (Å²) in [5.41, 5.74) is 17.0. The third-order valence-corrected chi connectivity index (χ3v) is 13.2. The summed E-state index contributed by atoms with van der Waals surface area (Å²) in [4.78, 5) is 0. The summed E-state index contributed by atoms with van der Waals surface area (Å²) in [5, 5.41) is 10.3. The van der Waals surface area contributed by atoms with Crippen LogP contribution in [-0.2, 0) is 5.41 Å². The molecule has 0 saturated carbocycles. The van der Waals surface area contributed by atoms with Crippen LogP contribution in [0.5, 0.6) is 0 Å². The zero-order chi connectivity index (χ0) is 38.5. The normalized spacial score (nSPS) is 14.6. The molecule has 1 nitrogen and oxygen atoms in total. The third-order valence-electron chi connectivity index (χ3n) is 13.2. The largest absolute Gasteiger partial charge is 0.309 e. The van der Waals surface area contributed by atoms with Gasteiger partial charge >= 0.3 is 0 Å². The second kappa shape index (κ2) is 12.5. The Morgan fingerprint density at radius 1 is 0.431 bits per heavy atom. The smallest absolute Gasteiger partial charge is 0.0541 e. The lowest BCUT2D eigenvalue weighted by Crippen LogP contribution is -2.16. The van der Waals surface area contributed by atoms with Gasteiger partial charge in [0.25, 0.3) is 0 Å². The van der Waals surface area contributed by atoms with Crippen LogP contribution in [0.15, 0.2) is 194 Å². The van der Waals surface area contributed by atoms with Crippen molar-refractivity contribution in [1.29, 1.82) is 0 Å². The summed E-state index contributed by atoms with van der Waals surface area (Å²) in [7, 11) is 0.